The van der Waals surface area contributed by atoms with Crippen molar-refractivity contribution in [2.45, 2.75) is 39.3 Å². The van der Waals surface area contributed by atoms with Gasteiger partial charge in [-0.15, -0.1) is 0 Å². The third-order valence-corrected chi connectivity index (χ3v) is 4.92. The summed E-state index contributed by atoms with van der Waals surface area (Å²) >= 11 is 0. The first-order chi connectivity index (χ1) is 10.8. The number of hydrogen-bond acceptors (Lipinski definition) is 3. The van der Waals surface area contributed by atoms with Crippen LogP contribution in [-0.4, -0.2) is 41.4 Å². The van der Waals surface area contributed by atoms with E-state index in [-0.39, 0.29) is 0 Å². The van der Waals surface area contributed by atoms with E-state index in [2.05, 4.69) is 46.1 Å². The summed E-state index contributed by atoms with van der Waals surface area (Å²) < 4.78 is 2.13. The molecule has 0 bridgehead atoms. The summed E-state index contributed by atoms with van der Waals surface area (Å²) in [7, 11) is 2.05. The van der Waals surface area contributed by atoms with Gasteiger partial charge in [-0.1, -0.05) is 18.2 Å². The van der Waals surface area contributed by atoms with Crippen LogP contribution in [0.15, 0.2) is 24.3 Å². The molecule has 1 aliphatic rings. The predicted octanol–water partition coefficient (Wildman–Crippen LogP) is 2.88. The maximum Gasteiger partial charge on any atom is 0.0843 e. The Hall–Kier alpha value is -1.39. The molecule has 0 atom stereocenters. The molecule has 22 heavy (non-hydrogen) atoms. The second kappa shape index (κ2) is 7.25. The van der Waals surface area contributed by atoms with Gasteiger partial charge in [-0.3, -0.25) is 9.58 Å². The van der Waals surface area contributed by atoms with E-state index in [1.807, 2.05) is 7.05 Å². The summed E-state index contributed by atoms with van der Waals surface area (Å²) in [6.45, 7) is 7.66. The van der Waals surface area contributed by atoms with Crippen LogP contribution in [0, 0.1) is 5.92 Å². The molecule has 0 aliphatic carbocycles. The van der Waals surface area contributed by atoms with Gasteiger partial charge in [0.25, 0.3) is 0 Å². The highest BCUT2D eigenvalue weighted by molar-refractivity contribution is 5.81. The standard InChI is InChI=1S/C18H28N4/c1-3-22-18-7-5-4-6-16(18)17(20-22)14-21-12-9-15(10-13-21)8-11-19-2/h4-7,15,19H,3,8-14H2,1-2H3. The van der Waals surface area contributed by atoms with Crippen molar-refractivity contribution < 1.29 is 0 Å². The number of nitrogens with zero attached hydrogens (tertiary/aromatic N) is 3. The van der Waals surface area contributed by atoms with Crippen LogP contribution in [0.2, 0.25) is 0 Å². The molecule has 1 fully saturated rings. The Morgan fingerprint density at radius 2 is 2.00 bits per heavy atom. The summed E-state index contributed by atoms with van der Waals surface area (Å²) in [6.07, 6.45) is 3.97. The fraction of sp³-hybridized carbons (Fsp3) is 0.611. The molecular weight excluding hydrogens is 272 g/mol. The Morgan fingerprint density at radius 3 is 2.73 bits per heavy atom. The van der Waals surface area contributed by atoms with E-state index in [9.17, 15) is 0 Å². The Morgan fingerprint density at radius 1 is 1.23 bits per heavy atom. The smallest absolute Gasteiger partial charge is 0.0843 e. The van der Waals surface area contributed by atoms with Gasteiger partial charge in [-0.25, -0.2) is 0 Å². The fourth-order valence-corrected chi connectivity index (χ4v) is 3.55. The molecule has 0 saturated carbocycles. The van der Waals surface area contributed by atoms with Crippen molar-refractivity contribution in [2.24, 2.45) is 5.92 Å². The lowest BCUT2D eigenvalue weighted by Crippen LogP contribution is -2.34. The van der Waals surface area contributed by atoms with Gasteiger partial charge in [-0.2, -0.15) is 5.10 Å². The molecule has 120 valence electrons. The van der Waals surface area contributed by atoms with Gasteiger partial charge < -0.3 is 5.32 Å². The molecule has 2 heterocycles. The van der Waals surface area contributed by atoms with E-state index in [0.29, 0.717) is 0 Å². The van der Waals surface area contributed by atoms with Crippen LogP contribution in [0.25, 0.3) is 10.9 Å². The number of aryl methyl sites for hydroxylation is 1. The van der Waals surface area contributed by atoms with Crippen molar-refractivity contribution >= 4 is 10.9 Å². The number of likely N-dealkylation sites (tertiary alicyclic amines) is 1. The van der Waals surface area contributed by atoms with Crippen LogP contribution >= 0.6 is 0 Å². The molecule has 0 radical (unpaired) electrons. The fourth-order valence-electron chi connectivity index (χ4n) is 3.55. The lowest BCUT2D eigenvalue weighted by molar-refractivity contribution is 0.171. The van der Waals surface area contributed by atoms with E-state index >= 15 is 0 Å². The zero-order valence-electron chi connectivity index (χ0n) is 13.9. The molecule has 1 aromatic carbocycles. The topological polar surface area (TPSA) is 33.1 Å². The third-order valence-electron chi connectivity index (χ3n) is 4.92. The minimum absolute atomic E-state index is 0.897. The SMILES string of the molecule is CCn1nc(CN2CCC(CCNC)CC2)c2ccccc21. The maximum atomic E-state index is 4.84. The number of benzene rings is 1. The number of hydrogen-bond donors (Lipinski definition) is 1. The summed E-state index contributed by atoms with van der Waals surface area (Å²) in [6, 6.07) is 8.62. The summed E-state index contributed by atoms with van der Waals surface area (Å²) in [5.41, 5.74) is 2.51. The minimum Gasteiger partial charge on any atom is -0.320 e. The van der Waals surface area contributed by atoms with Gasteiger partial charge in [0.1, 0.15) is 0 Å². The molecular formula is C18H28N4. The van der Waals surface area contributed by atoms with Crippen molar-refractivity contribution in [3.05, 3.63) is 30.0 Å². The molecule has 1 aliphatic heterocycles. The minimum atomic E-state index is 0.897. The molecule has 3 rings (SSSR count). The second-order valence-electron chi connectivity index (χ2n) is 6.39. The zero-order valence-corrected chi connectivity index (χ0v) is 13.9. The lowest BCUT2D eigenvalue weighted by atomic mass is 9.93. The van der Waals surface area contributed by atoms with Gasteiger partial charge in [0.2, 0.25) is 0 Å². The average molecular weight is 300 g/mol. The number of para-hydroxylation sites is 1. The first-order valence-electron chi connectivity index (χ1n) is 8.63. The normalized spacial score (nSPS) is 17.4. The van der Waals surface area contributed by atoms with E-state index in [1.165, 1.54) is 48.9 Å². The summed E-state index contributed by atoms with van der Waals surface area (Å²) in [5.74, 6) is 0.897. The monoisotopic (exact) mass is 300 g/mol. The first kappa shape index (κ1) is 15.5. The highest BCUT2D eigenvalue weighted by Crippen LogP contribution is 2.24. The second-order valence-corrected chi connectivity index (χ2v) is 6.39. The van der Waals surface area contributed by atoms with E-state index in [1.54, 1.807) is 0 Å². The summed E-state index contributed by atoms with van der Waals surface area (Å²) in [5, 5.41) is 9.43. The zero-order chi connectivity index (χ0) is 15.4. The molecule has 1 saturated heterocycles. The molecule has 1 N–H and O–H groups in total. The summed E-state index contributed by atoms with van der Waals surface area (Å²) in [4.78, 5) is 2.57. The van der Waals surface area contributed by atoms with Crippen LogP contribution < -0.4 is 5.32 Å². The van der Waals surface area contributed by atoms with Crippen LogP contribution in [-0.2, 0) is 13.1 Å². The van der Waals surface area contributed by atoms with Crippen molar-refractivity contribution in [2.75, 3.05) is 26.7 Å². The lowest BCUT2D eigenvalue weighted by Gasteiger charge is -2.31. The quantitative estimate of drug-likeness (QED) is 0.890. The number of fused-ring (bicyclic) bond motifs is 1. The number of aromatic nitrogens is 2. The highest BCUT2D eigenvalue weighted by Gasteiger charge is 2.20. The van der Waals surface area contributed by atoms with Crippen molar-refractivity contribution in [3.63, 3.8) is 0 Å². The van der Waals surface area contributed by atoms with E-state index in [0.717, 1.165) is 25.6 Å². The molecule has 2 aromatic rings. The number of nitrogens with one attached hydrogen (secondary N) is 1. The maximum absolute atomic E-state index is 4.84. The van der Waals surface area contributed by atoms with Crippen molar-refractivity contribution in [3.8, 4) is 0 Å². The molecule has 4 heteroatoms. The van der Waals surface area contributed by atoms with Crippen molar-refractivity contribution in [1.82, 2.24) is 20.0 Å². The molecule has 0 amide bonds. The Bertz CT molecular complexity index is 596. The number of piperidine rings is 1. The molecule has 4 nitrogen and oxygen atoms in total. The first-order valence-corrected chi connectivity index (χ1v) is 8.63. The van der Waals surface area contributed by atoms with Gasteiger partial charge in [0.15, 0.2) is 0 Å². The highest BCUT2D eigenvalue weighted by atomic mass is 15.3. The van der Waals surface area contributed by atoms with Gasteiger partial charge in [0, 0.05) is 18.5 Å². The van der Waals surface area contributed by atoms with Crippen LogP contribution in [0.3, 0.4) is 0 Å². The van der Waals surface area contributed by atoms with Crippen LogP contribution in [0.1, 0.15) is 31.9 Å². The van der Waals surface area contributed by atoms with E-state index < -0.39 is 0 Å². The Balaban J connectivity index is 1.65. The molecule has 0 spiro atoms. The Kier molecular flexibility index (Phi) is 5.11. The van der Waals surface area contributed by atoms with Crippen LogP contribution in [0.4, 0.5) is 0 Å². The van der Waals surface area contributed by atoms with Gasteiger partial charge in [-0.05, 0) is 64.9 Å². The Labute approximate surface area is 133 Å². The largest absolute Gasteiger partial charge is 0.320 e. The number of rotatable bonds is 6. The molecule has 1 aromatic heterocycles. The van der Waals surface area contributed by atoms with E-state index in [4.69, 9.17) is 5.10 Å². The van der Waals surface area contributed by atoms with Crippen molar-refractivity contribution in [1.29, 1.82) is 0 Å². The van der Waals surface area contributed by atoms with Gasteiger partial charge >= 0.3 is 0 Å². The van der Waals surface area contributed by atoms with Gasteiger partial charge in [0.05, 0.1) is 11.2 Å². The third kappa shape index (κ3) is 3.33. The molecule has 0 unspecified atom stereocenters. The predicted molar refractivity (Wildman–Crippen MR) is 92.0 cm³/mol. The average Bonchev–Trinajstić information content (AvgIpc) is 2.92. The van der Waals surface area contributed by atoms with Crippen LogP contribution in [0.5, 0.6) is 0 Å².